The molecule has 0 saturated carbocycles. The molecule has 4 heteroatoms. The van der Waals surface area contributed by atoms with E-state index >= 15 is 0 Å². The molecule has 0 aromatic carbocycles. The Morgan fingerprint density at radius 2 is 1.89 bits per heavy atom. The molecular weight excluding hydrogens is 243 g/mol. The molecule has 0 radical (unpaired) electrons. The van der Waals surface area contributed by atoms with Gasteiger partial charge < -0.3 is 24.8 Å². The number of halogens is 2. The molecule has 54 valence electrons. The second kappa shape index (κ2) is 15.8. The fourth-order valence-electron chi connectivity index (χ4n) is 0.340. The first-order valence-corrected chi connectivity index (χ1v) is 2.70. The van der Waals surface area contributed by atoms with Gasteiger partial charge in [0.2, 0.25) is 0 Å². The van der Waals surface area contributed by atoms with Crippen LogP contribution in [0.2, 0.25) is 0 Å². The summed E-state index contributed by atoms with van der Waals surface area (Å²) in [7, 11) is 0. The molecule has 1 rings (SSSR count). The van der Waals surface area contributed by atoms with Crippen LogP contribution in [-0.4, -0.2) is 0 Å². The first kappa shape index (κ1) is 16.3. The van der Waals surface area contributed by atoms with Gasteiger partial charge in [0.1, 0.15) is 0 Å². The number of hydrogen-bond acceptors (Lipinski definition) is 1. The summed E-state index contributed by atoms with van der Waals surface area (Å²) in [4.78, 5) is 0. The van der Waals surface area contributed by atoms with Crippen LogP contribution in [0.15, 0.2) is 18.2 Å². The van der Waals surface area contributed by atoms with Crippen LogP contribution in [-0.2, 0) is 23.2 Å². The van der Waals surface area contributed by atoms with Gasteiger partial charge in [0.25, 0.3) is 0 Å². The van der Waals surface area contributed by atoms with Crippen LogP contribution in [0.5, 0.6) is 0 Å². The van der Waals surface area contributed by atoms with E-state index in [-0.39, 0.29) is 24.8 Å². The first-order chi connectivity index (χ1) is 3.50. The van der Waals surface area contributed by atoms with Gasteiger partial charge in [-0.3, -0.25) is 6.08 Å². The zero-order valence-electron chi connectivity index (χ0n) is 4.51. The number of hydrogen-bond donors (Lipinski definition) is 0. The van der Waals surface area contributed by atoms with E-state index in [1.165, 1.54) is 0 Å². The Morgan fingerprint density at radius 1 is 1.33 bits per heavy atom. The summed E-state index contributed by atoms with van der Waals surface area (Å²) in [6, 6.07) is 0. The van der Waals surface area contributed by atoms with Crippen molar-refractivity contribution in [1.82, 2.24) is 0 Å². The fraction of sp³-hybridized carbons (Fsp3) is 0.200. The molecule has 0 heterocycles. The molecule has 0 amide bonds. The zero-order chi connectivity index (χ0) is 5.54. The predicted molar refractivity (Wildman–Crippen MR) is 22.3 cm³/mol. The van der Waals surface area contributed by atoms with Gasteiger partial charge in [-0.2, -0.15) is 6.08 Å². The van der Waals surface area contributed by atoms with E-state index < -0.39 is 0 Å². The van der Waals surface area contributed by atoms with Crippen LogP contribution in [0.25, 0.3) is 0 Å². The van der Waals surface area contributed by atoms with Gasteiger partial charge in [-0.1, -0.05) is 0 Å². The quantitative estimate of drug-likeness (QED) is 0.310. The molecule has 0 aliphatic heterocycles. The van der Waals surface area contributed by atoms with Crippen molar-refractivity contribution < 1.29 is 48.0 Å². The van der Waals surface area contributed by atoms with E-state index in [4.69, 9.17) is 3.40 Å². The summed E-state index contributed by atoms with van der Waals surface area (Å²) < 4.78 is 8.26. The normalized spacial score (nSPS) is 10.2. The molecule has 0 atom stereocenters. The second-order valence-corrected chi connectivity index (χ2v) is 1.00. The average Bonchev–Trinajstić information content (AvgIpc) is 2.23. The average molecular weight is 248 g/mol. The van der Waals surface area contributed by atoms with Gasteiger partial charge in [0.05, 0.1) is 0 Å². The van der Waals surface area contributed by atoms with Gasteiger partial charge >= 0.3 is 23.2 Å². The van der Waals surface area contributed by atoms with Gasteiger partial charge in [-0.25, -0.2) is 12.2 Å². The van der Waals surface area contributed by atoms with E-state index in [9.17, 15) is 0 Å². The standard InChI is InChI=1S/C5H5.2ClH.Mo.O/c1-2-4-5-3-1;;;;/h1-3H,4H2;2*1H;;/q-1;;;;/p-2. The molecular formula is C5H5Cl2MoO-3. The van der Waals surface area contributed by atoms with Crippen molar-refractivity contribution >= 4 is 0 Å². The fourth-order valence-corrected chi connectivity index (χ4v) is 0.340. The van der Waals surface area contributed by atoms with Crippen molar-refractivity contribution in [3.05, 3.63) is 24.3 Å². The van der Waals surface area contributed by atoms with E-state index in [1.54, 1.807) is 0 Å². The molecule has 0 aromatic heterocycles. The third kappa shape index (κ3) is 11.9. The molecule has 0 saturated heterocycles. The van der Waals surface area contributed by atoms with Crippen LogP contribution in [0.1, 0.15) is 6.42 Å². The predicted octanol–water partition coefficient (Wildman–Crippen LogP) is -4.81. The summed E-state index contributed by atoms with van der Waals surface area (Å²) in [6.07, 6.45) is 10.0. The maximum absolute atomic E-state index is 8.26. The van der Waals surface area contributed by atoms with Crippen molar-refractivity contribution in [2.24, 2.45) is 0 Å². The van der Waals surface area contributed by atoms with Gasteiger partial charge in [-0.15, -0.1) is 6.42 Å². The molecule has 0 aromatic rings. The summed E-state index contributed by atoms with van der Waals surface area (Å²) in [6.45, 7) is 0. The Labute approximate surface area is 78.6 Å². The van der Waals surface area contributed by atoms with Crippen molar-refractivity contribution in [2.45, 2.75) is 6.42 Å². The second-order valence-electron chi connectivity index (χ2n) is 1.00. The molecule has 1 aliphatic carbocycles. The molecule has 1 aliphatic rings. The molecule has 0 fully saturated rings. The molecule has 0 bridgehead atoms. The Balaban J connectivity index is -0.0000000836. The molecule has 0 unspecified atom stereocenters. The molecule has 0 N–H and O–H groups in total. The zero-order valence-corrected chi connectivity index (χ0v) is 8.03. The van der Waals surface area contributed by atoms with Crippen molar-refractivity contribution in [1.29, 1.82) is 0 Å². The Morgan fingerprint density at radius 3 is 2.00 bits per heavy atom. The van der Waals surface area contributed by atoms with E-state index in [0.717, 1.165) is 6.42 Å². The van der Waals surface area contributed by atoms with Crippen molar-refractivity contribution in [3.63, 3.8) is 0 Å². The Bertz CT molecular complexity index is 83.0. The Hall–Kier alpha value is 0.548. The number of rotatable bonds is 0. The van der Waals surface area contributed by atoms with Crippen molar-refractivity contribution in [3.8, 4) is 0 Å². The van der Waals surface area contributed by atoms with E-state index in [0.29, 0.717) is 19.8 Å². The molecule has 9 heavy (non-hydrogen) atoms. The van der Waals surface area contributed by atoms with Crippen LogP contribution in [0.4, 0.5) is 0 Å². The SMILES string of the molecule is [C-]1=CC=CC1.[Cl-].[Cl-].[O]=[Mo]. The summed E-state index contributed by atoms with van der Waals surface area (Å²) >= 11 is 0.700. The van der Waals surface area contributed by atoms with Gasteiger partial charge in [-0.05, 0) is 0 Å². The van der Waals surface area contributed by atoms with Crippen LogP contribution in [0, 0.1) is 6.08 Å². The third-order valence-electron chi connectivity index (χ3n) is 0.586. The number of allylic oxidation sites excluding steroid dienone is 4. The Kier molecular flexibility index (Phi) is 28.6. The topological polar surface area (TPSA) is 17.1 Å². The van der Waals surface area contributed by atoms with Crippen LogP contribution in [0.3, 0.4) is 0 Å². The first-order valence-electron chi connectivity index (χ1n) is 1.88. The van der Waals surface area contributed by atoms with E-state index in [1.807, 2.05) is 12.2 Å². The molecule has 0 spiro atoms. The van der Waals surface area contributed by atoms with Gasteiger partial charge in [0, 0.05) is 0 Å². The minimum absolute atomic E-state index is 0. The van der Waals surface area contributed by atoms with Crippen LogP contribution >= 0.6 is 0 Å². The van der Waals surface area contributed by atoms with Crippen LogP contribution < -0.4 is 24.8 Å². The maximum atomic E-state index is 8.26. The summed E-state index contributed by atoms with van der Waals surface area (Å²) in [5.74, 6) is 0. The summed E-state index contributed by atoms with van der Waals surface area (Å²) in [5.41, 5.74) is 0. The van der Waals surface area contributed by atoms with Crippen molar-refractivity contribution in [2.75, 3.05) is 0 Å². The molecule has 1 nitrogen and oxygen atoms in total. The monoisotopic (exact) mass is 249 g/mol. The third-order valence-corrected chi connectivity index (χ3v) is 0.586. The van der Waals surface area contributed by atoms with E-state index in [2.05, 4.69) is 12.2 Å². The van der Waals surface area contributed by atoms with Gasteiger partial charge in [0.15, 0.2) is 0 Å². The minimum atomic E-state index is 0. The summed E-state index contributed by atoms with van der Waals surface area (Å²) in [5, 5.41) is 0.